The summed E-state index contributed by atoms with van der Waals surface area (Å²) in [6.07, 6.45) is 1.47. The van der Waals surface area contributed by atoms with E-state index >= 15 is 0 Å². The molecule has 0 aliphatic carbocycles. The van der Waals surface area contributed by atoms with Gasteiger partial charge in [0.25, 0.3) is 0 Å². The summed E-state index contributed by atoms with van der Waals surface area (Å²) in [5.41, 5.74) is 0.999. The van der Waals surface area contributed by atoms with Crippen molar-refractivity contribution in [2.75, 3.05) is 13.1 Å². The Morgan fingerprint density at radius 3 is 2.47 bits per heavy atom. The maximum absolute atomic E-state index is 11.3. The largest absolute Gasteiger partial charge is 0.508 e. The second-order valence-corrected chi connectivity index (χ2v) is 4.47. The van der Waals surface area contributed by atoms with Gasteiger partial charge < -0.3 is 15.5 Å². The number of aliphatic carboxylic acids is 1. The van der Waals surface area contributed by atoms with Crippen LogP contribution in [0.25, 0.3) is 0 Å². The Morgan fingerprint density at radius 2 is 1.82 bits per heavy atom. The standard InChI is InChI=1S/C13H17NO3/c15-10-3-1-9(2-4-10)11-5-7-14-8-6-12(11)13(16)17/h1-4,11-12,14-15H,5-8H2,(H,16,17). The van der Waals surface area contributed by atoms with Gasteiger partial charge in [0.05, 0.1) is 5.92 Å². The van der Waals surface area contributed by atoms with Gasteiger partial charge in [-0.25, -0.2) is 0 Å². The molecule has 2 unspecified atom stereocenters. The van der Waals surface area contributed by atoms with Crippen molar-refractivity contribution in [3.8, 4) is 5.75 Å². The molecule has 1 aromatic carbocycles. The van der Waals surface area contributed by atoms with Crippen LogP contribution in [0.3, 0.4) is 0 Å². The fourth-order valence-corrected chi connectivity index (χ4v) is 2.46. The summed E-state index contributed by atoms with van der Waals surface area (Å²) in [4.78, 5) is 11.3. The summed E-state index contributed by atoms with van der Waals surface area (Å²) >= 11 is 0. The Kier molecular flexibility index (Phi) is 3.64. The van der Waals surface area contributed by atoms with Gasteiger partial charge >= 0.3 is 5.97 Å². The molecule has 0 bridgehead atoms. The molecule has 1 fully saturated rings. The minimum absolute atomic E-state index is 0.0306. The van der Waals surface area contributed by atoms with Crippen molar-refractivity contribution in [3.63, 3.8) is 0 Å². The number of phenols is 1. The third kappa shape index (κ3) is 2.77. The molecule has 17 heavy (non-hydrogen) atoms. The molecular formula is C13H17NO3. The van der Waals surface area contributed by atoms with Gasteiger partial charge in [-0.3, -0.25) is 4.79 Å². The van der Waals surface area contributed by atoms with Gasteiger partial charge in [0, 0.05) is 0 Å². The second-order valence-electron chi connectivity index (χ2n) is 4.47. The van der Waals surface area contributed by atoms with E-state index in [0.717, 1.165) is 25.1 Å². The highest BCUT2D eigenvalue weighted by molar-refractivity contribution is 5.71. The van der Waals surface area contributed by atoms with Crippen molar-refractivity contribution in [2.45, 2.75) is 18.8 Å². The molecule has 0 amide bonds. The Hall–Kier alpha value is -1.55. The molecule has 0 radical (unpaired) electrons. The first-order chi connectivity index (χ1) is 8.18. The number of hydrogen-bond donors (Lipinski definition) is 3. The molecule has 1 aromatic rings. The van der Waals surface area contributed by atoms with Crippen molar-refractivity contribution in [1.29, 1.82) is 0 Å². The van der Waals surface area contributed by atoms with Gasteiger partial charge in [0.2, 0.25) is 0 Å². The molecule has 2 rings (SSSR count). The summed E-state index contributed by atoms with van der Waals surface area (Å²) in [7, 11) is 0. The van der Waals surface area contributed by atoms with Crippen LogP contribution in [0.2, 0.25) is 0 Å². The second kappa shape index (κ2) is 5.19. The van der Waals surface area contributed by atoms with E-state index in [9.17, 15) is 15.0 Å². The monoisotopic (exact) mass is 235 g/mol. The third-order valence-electron chi connectivity index (χ3n) is 3.39. The maximum atomic E-state index is 11.3. The number of nitrogens with one attached hydrogen (secondary N) is 1. The summed E-state index contributed by atoms with van der Waals surface area (Å²) in [5.74, 6) is -0.822. The van der Waals surface area contributed by atoms with E-state index in [1.54, 1.807) is 12.1 Å². The highest BCUT2D eigenvalue weighted by Gasteiger charge is 2.30. The Balaban J connectivity index is 2.25. The maximum Gasteiger partial charge on any atom is 0.307 e. The van der Waals surface area contributed by atoms with Crippen LogP contribution in [0.5, 0.6) is 5.75 Å². The molecule has 2 atom stereocenters. The number of hydrogen-bond acceptors (Lipinski definition) is 3. The van der Waals surface area contributed by atoms with Crippen LogP contribution in [-0.2, 0) is 4.79 Å². The lowest BCUT2D eigenvalue weighted by atomic mass is 9.82. The van der Waals surface area contributed by atoms with Crippen LogP contribution in [0.15, 0.2) is 24.3 Å². The summed E-state index contributed by atoms with van der Waals surface area (Å²) in [6, 6.07) is 6.88. The summed E-state index contributed by atoms with van der Waals surface area (Å²) in [5, 5.41) is 21.8. The van der Waals surface area contributed by atoms with Crippen LogP contribution >= 0.6 is 0 Å². The molecule has 0 aromatic heterocycles. The number of benzene rings is 1. The van der Waals surface area contributed by atoms with Gasteiger partial charge in [0.15, 0.2) is 0 Å². The highest BCUT2D eigenvalue weighted by atomic mass is 16.4. The zero-order valence-electron chi connectivity index (χ0n) is 9.60. The molecule has 1 aliphatic heterocycles. The predicted molar refractivity (Wildman–Crippen MR) is 64.1 cm³/mol. The summed E-state index contributed by atoms with van der Waals surface area (Å²) < 4.78 is 0. The van der Waals surface area contributed by atoms with Crippen molar-refractivity contribution < 1.29 is 15.0 Å². The molecule has 92 valence electrons. The lowest BCUT2D eigenvalue weighted by Gasteiger charge is -2.21. The van der Waals surface area contributed by atoms with E-state index in [4.69, 9.17) is 0 Å². The van der Waals surface area contributed by atoms with Gasteiger partial charge in [-0.15, -0.1) is 0 Å². The number of carboxylic acid groups (broad SMARTS) is 1. The molecule has 0 spiro atoms. The number of rotatable bonds is 2. The van der Waals surface area contributed by atoms with Crippen LogP contribution in [0, 0.1) is 5.92 Å². The number of carboxylic acids is 1. The molecule has 1 aliphatic rings. The van der Waals surface area contributed by atoms with E-state index in [2.05, 4.69) is 5.32 Å². The highest BCUT2D eigenvalue weighted by Crippen LogP contribution is 2.32. The van der Waals surface area contributed by atoms with E-state index in [0.29, 0.717) is 6.42 Å². The van der Waals surface area contributed by atoms with Crippen LogP contribution in [0.4, 0.5) is 0 Å². The number of aromatic hydroxyl groups is 1. The first-order valence-corrected chi connectivity index (χ1v) is 5.91. The van der Waals surface area contributed by atoms with Crippen LogP contribution < -0.4 is 5.32 Å². The van der Waals surface area contributed by atoms with E-state index in [-0.39, 0.29) is 17.6 Å². The van der Waals surface area contributed by atoms with Gasteiger partial charge in [0.1, 0.15) is 5.75 Å². The van der Waals surface area contributed by atoms with E-state index in [1.165, 1.54) is 0 Å². The molecule has 4 nitrogen and oxygen atoms in total. The molecular weight excluding hydrogens is 218 g/mol. The molecule has 3 N–H and O–H groups in total. The minimum atomic E-state index is -0.730. The quantitative estimate of drug-likeness (QED) is 0.727. The number of phenolic OH excluding ortho intramolecular Hbond substituents is 1. The van der Waals surface area contributed by atoms with Gasteiger partial charge in [-0.05, 0) is 49.5 Å². The average Bonchev–Trinajstić information content (AvgIpc) is 2.55. The molecule has 1 heterocycles. The van der Waals surface area contributed by atoms with Crippen molar-refractivity contribution in [3.05, 3.63) is 29.8 Å². The summed E-state index contributed by atoms with van der Waals surface area (Å²) in [6.45, 7) is 1.60. The fourth-order valence-electron chi connectivity index (χ4n) is 2.46. The van der Waals surface area contributed by atoms with Crippen molar-refractivity contribution in [2.24, 2.45) is 5.92 Å². The van der Waals surface area contributed by atoms with Crippen LogP contribution in [-0.4, -0.2) is 29.3 Å². The van der Waals surface area contributed by atoms with E-state index in [1.807, 2.05) is 12.1 Å². The SMILES string of the molecule is O=C(O)C1CCNCCC1c1ccc(O)cc1. The molecule has 0 saturated carbocycles. The fraction of sp³-hybridized carbons (Fsp3) is 0.462. The van der Waals surface area contributed by atoms with Crippen molar-refractivity contribution in [1.82, 2.24) is 5.32 Å². The Morgan fingerprint density at radius 1 is 1.18 bits per heavy atom. The van der Waals surface area contributed by atoms with E-state index < -0.39 is 5.97 Å². The lowest BCUT2D eigenvalue weighted by molar-refractivity contribution is -0.142. The lowest BCUT2D eigenvalue weighted by Crippen LogP contribution is -2.22. The Bertz CT molecular complexity index is 388. The van der Waals surface area contributed by atoms with Crippen molar-refractivity contribution >= 4 is 5.97 Å². The molecule has 4 heteroatoms. The van der Waals surface area contributed by atoms with Crippen LogP contribution in [0.1, 0.15) is 24.3 Å². The molecule has 1 saturated heterocycles. The minimum Gasteiger partial charge on any atom is -0.508 e. The zero-order valence-corrected chi connectivity index (χ0v) is 9.60. The smallest absolute Gasteiger partial charge is 0.307 e. The Labute approximate surface area is 100 Å². The first kappa shape index (κ1) is 11.9. The van der Waals surface area contributed by atoms with Gasteiger partial charge in [-0.1, -0.05) is 12.1 Å². The third-order valence-corrected chi connectivity index (χ3v) is 3.39. The normalized spacial score (nSPS) is 25.2. The first-order valence-electron chi connectivity index (χ1n) is 5.91. The number of carbonyl (C=O) groups is 1. The topological polar surface area (TPSA) is 69.6 Å². The average molecular weight is 235 g/mol. The zero-order chi connectivity index (χ0) is 12.3. The van der Waals surface area contributed by atoms with Gasteiger partial charge in [-0.2, -0.15) is 0 Å². The predicted octanol–water partition coefficient (Wildman–Crippen LogP) is 1.56.